The van der Waals surface area contributed by atoms with Gasteiger partial charge >= 0.3 is 0 Å². The fraction of sp³-hybridized carbons (Fsp3) is 0.500. The highest BCUT2D eigenvalue weighted by Crippen LogP contribution is 2.21. The second-order valence-electron chi connectivity index (χ2n) is 4.46. The van der Waals surface area contributed by atoms with Crippen LogP contribution in [0.2, 0.25) is 0 Å². The van der Waals surface area contributed by atoms with Gasteiger partial charge in [-0.2, -0.15) is 9.57 Å². The summed E-state index contributed by atoms with van der Waals surface area (Å²) in [6.45, 7) is 0.891. The van der Waals surface area contributed by atoms with Crippen LogP contribution in [0.25, 0.3) is 0 Å². The highest BCUT2D eigenvalue weighted by molar-refractivity contribution is 7.89. The van der Waals surface area contributed by atoms with E-state index in [-0.39, 0.29) is 16.6 Å². The highest BCUT2D eigenvalue weighted by Gasteiger charge is 2.32. The molecule has 19 heavy (non-hydrogen) atoms. The zero-order chi connectivity index (χ0) is 13.9. The molecule has 1 saturated heterocycles. The van der Waals surface area contributed by atoms with Gasteiger partial charge < -0.3 is 5.32 Å². The lowest BCUT2D eigenvalue weighted by Crippen LogP contribution is -2.47. The lowest BCUT2D eigenvalue weighted by molar-refractivity contribution is 0.292. The Balaban J connectivity index is 2.35. The van der Waals surface area contributed by atoms with Gasteiger partial charge in [-0.25, -0.2) is 13.4 Å². The number of piperidine rings is 1. The fourth-order valence-corrected chi connectivity index (χ4v) is 3.78. The van der Waals surface area contributed by atoms with Crippen LogP contribution in [-0.2, 0) is 10.0 Å². The lowest BCUT2D eigenvalue weighted by Gasteiger charge is -2.31. The van der Waals surface area contributed by atoms with E-state index in [0.717, 1.165) is 12.8 Å². The molecule has 0 radical (unpaired) electrons. The molecular formula is C12H16N4O2S. The second kappa shape index (κ2) is 5.65. The molecule has 1 aliphatic heterocycles. The van der Waals surface area contributed by atoms with Crippen LogP contribution in [0.4, 0.5) is 0 Å². The molecule has 0 spiro atoms. The minimum absolute atomic E-state index is 0.0917. The van der Waals surface area contributed by atoms with Gasteiger partial charge in [0.15, 0.2) is 5.03 Å². The zero-order valence-corrected chi connectivity index (χ0v) is 11.5. The van der Waals surface area contributed by atoms with Crippen molar-refractivity contribution < 1.29 is 8.42 Å². The number of aromatic nitrogens is 1. The minimum atomic E-state index is -3.69. The fourth-order valence-electron chi connectivity index (χ4n) is 2.20. The van der Waals surface area contributed by atoms with Crippen molar-refractivity contribution in [1.82, 2.24) is 14.6 Å². The van der Waals surface area contributed by atoms with Gasteiger partial charge in [0.2, 0.25) is 0 Å². The summed E-state index contributed by atoms with van der Waals surface area (Å²) in [6, 6.07) is 5.06. The van der Waals surface area contributed by atoms with Crippen molar-refractivity contribution in [2.45, 2.75) is 23.9 Å². The van der Waals surface area contributed by atoms with Gasteiger partial charge in [-0.1, -0.05) is 0 Å². The number of nitrogens with zero attached hydrogens (tertiary/aromatic N) is 3. The van der Waals surface area contributed by atoms with Gasteiger partial charge in [0.1, 0.15) is 6.07 Å². The SMILES string of the molecule is CN[C@@H]1CCCN(S(=O)(=O)c2ncccc2C#N)C1. The Hall–Kier alpha value is -1.49. The molecule has 0 aliphatic carbocycles. The van der Waals surface area contributed by atoms with E-state index in [1.807, 2.05) is 13.1 Å². The molecule has 7 heteroatoms. The van der Waals surface area contributed by atoms with Crippen LogP contribution < -0.4 is 5.32 Å². The predicted octanol–water partition coefficient (Wildman–Crippen LogP) is 0.326. The van der Waals surface area contributed by atoms with Crippen molar-refractivity contribution in [2.24, 2.45) is 0 Å². The van der Waals surface area contributed by atoms with E-state index in [0.29, 0.717) is 13.1 Å². The summed E-state index contributed by atoms with van der Waals surface area (Å²) in [5, 5.41) is 11.9. The van der Waals surface area contributed by atoms with Gasteiger partial charge in [0.05, 0.1) is 5.56 Å². The van der Waals surface area contributed by atoms with Crippen molar-refractivity contribution in [2.75, 3.05) is 20.1 Å². The number of nitriles is 1. The number of likely N-dealkylation sites (N-methyl/N-ethyl adjacent to an activating group) is 1. The maximum atomic E-state index is 12.5. The summed E-state index contributed by atoms with van der Waals surface area (Å²) in [5.41, 5.74) is 0.0917. The number of hydrogen-bond acceptors (Lipinski definition) is 5. The third kappa shape index (κ3) is 2.76. The molecule has 0 bridgehead atoms. The summed E-state index contributed by atoms with van der Waals surface area (Å²) in [6.07, 6.45) is 3.16. The molecule has 1 aromatic heterocycles. The van der Waals surface area contributed by atoms with E-state index >= 15 is 0 Å². The molecule has 1 atom stereocenters. The van der Waals surface area contributed by atoms with E-state index in [1.165, 1.54) is 16.6 Å². The first-order valence-corrected chi connectivity index (χ1v) is 7.56. The van der Waals surface area contributed by atoms with Gasteiger partial charge in [-0.15, -0.1) is 0 Å². The van der Waals surface area contributed by atoms with Crippen molar-refractivity contribution >= 4 is 10.0 Å². The van der Waals surface area contributed by atoms with Gasteiger partial charge in [0.25, 0.3) is 10.0 Å². The third-order valence-electron chi connectivity index (χ3n) is 3.27. The quantitative estimate of drug-likeness (QED) is 0.862. The Morgan fingerprint density at radius 2 is 2.37 bits per heavy atom. The topological polar surface area (TPSA) is 86.1 Å². The van der Waals surface area contributed by atoms with Crippen LogP contribution in [-0.4, -0.2) is 43.9 Å². The van der Waals surface area contributed by atoms with E-state index < -0.39 is 10.0 Å². The van der Waals surface area contributed by atoms with Crippen molar-refractivity contribution in [3.05, 3.63) is 23.9 Å². The number of sulfonamides is 1. The summed E-state index contributed by atoms with van der Waals surface area (Å²) in [7, 11) is -1.87. The largest absolute Gasteiger partial charge is 0.316 e. The van der Waals surface area contributed by atoms with Gasteiger partial charge in [0, 0.05) is 25.3 Å². The summed E-state index contributed by atoms with van der Waals surface area (Å²) >= 11 is 0. The van der Waals surface area contributed by atoms with E-state index in [2.05, 4.69) is 10.3 Å². The average Bonchev–Trinajstić information content (AvgIpc) is 2.47. The van der Waals surface area contributed by atoms with Crippen LogP contribution in [0, 0.1) is 11.3 Å². The van der Waals surface area contributed by atoms with Crippen LogP contribution >= 0.6 is 0 Å². The molecule has 1 N–H and O–H groups in total. The van der Waals surface area contributed by atoms with E-state index in [9.17, 15) is 8.42 Å². The maximum absolute atomic E-state index is 12.5. The molecule has 0 amide bonds. The number of nitrogens with one attached hydrogen (secondary N) is 1. The average molecular weight is 280 g/mol. The minimum Gasteiger partial charge on any atom is -0.316 e. The molecule has 1 aromatic rings. The van der Waals surface area contributed by atoms with Crippen LogP contribution in [0.3, 0.4) is 0 Å². The molecule has 1 aliphatic rings. The smallest absolute Gasteiger partial charge is 0.261 e. The number of pyridine rings is 1. The Bertz CT molecular complexity index is 594. The second-order valence-corrected chi connectivity index (χ2v) is 6.31. The van der Waals surface area contributed by atoms with Crippen molar-refractivity contribution in [3.63, 3.8) is 0 Å². The normalized spacial score (nSPS) is 20.9. The molecule has 2 rings (SSSR count). The first-order valence-electron chi connectivity index (χ1n) is 6.12. The lowest BCUT2D eigenvalue weighted by atomic mass is 10.1. The van der Waals surface area contributed by atoms with Crippen LogP contribution in [0.5, 0.6) is 0 Å². The molecule has 0 saturated carbocycles. The van der Waals surface area contributed by atoms with Crippen LogP contribution in [0.1, 0.15) is 18.4 Å². The van der Waals surface area contributed by atoms with E-state index in [4.69, 9.17) is 5.26 Å². The Morgan fingerprint density at radius 1 is 1.58 bits per heavy atom. The van der Waals surface area contributed by atoms with Gasteiger partial charge in [-0.3, -0.25) is 0 Å². The Morgan fingerprint density at radius 3 is 3.05 bits per heavy atom. The summed E-state index contributed by atoms with van der Waals surface area (Å²) in [4.78, 5) is 3.87. The first-order chi connectivity index (χ1) is 9.09. The summed E-state index contributed by atoms with van der Waals surface area (Å²) in [5.74, 6) is 0. The molecule has 0 aromatic carbocycles. The number of rotatable bonds is 3. The van der Waals surface area contributed by atoms with Crippen LogP contribution in [0.15, 0.2) is 23.4 Å². The monoisotopic (exact) mass is 280 g/mol. The highest BCUT2D eigenvalue weighted by atomic mass is 32.2. The zero-order valence-electron chi connectivity index (χ0n) is 10.7. The van der Waals surface area contributed by atoms with E-state index in [1.54, 1.807) is 6.07 Å². The molecule has 6 nitrogen and oxygen atoms in total. The molecule has 0 unspecified atom stereocenters. The number of hydrogen-bond donors (Lipinski definition) is 1. The Kier molecular flexibility index (Phi) is 4.14. The summed E-state index contributed by atoms with van der Waals surface area (Å²) < 4.78 is 26.4. The molecule has 1 fully saturated rings. The molecule has 102 valence electrons. The predicted molar refractivity (Wildman–Crippen MR) is 69.8 cm³/mol. The van der Waals surface area contributed by atoms with Crippen molar-refractivity contribution in [3.8, 4) is 6.07 Å². The van der Waals surface area contributed by atoms with Crippen molar-refractivity contribution in [1.29, 1.82) is 5.26 Å². The third-order valence-corrected chi connectivity index (χ3v) is 5.09. The molecular weight excluding hydrogens is 264 g/mol. The maximum Gasteiger partial charge on any atom is 0.261 e. The standard InChI is InChI=1S/C12H16N4O2S/c1-14-11-5-3-7-16(9-11)19(17,18)12-10(8-13)4-2-6-15-12/h2,4,6,11,14H,3,5,7,9H2,1H3/t11-/m1/s1. The van der Waals surface area contributed by atoms with Gasteiger partial charge in [-0.05, 0) is 32.0 Å². The molecule has 2 heterocycles. The Labute approximate surface area is 113 Å². The first kappa shape index (κ1) is 13.9.